The second kappa shape index (κ2) is 6.80. The molecule has 25 heavy (non-hydrogen) atoms. The molecule has 6 nitrogen and oxygen atoms in total. The maximum absolute atomic E-state index is 12.5. The fraction of sp³-hybridized carbons (Fsp3) is 0.500. The standard InChI is InChI=1S/C18H25N3O3S/c1-12-5-6-17(9-13(12)2)21-8-7-16(11-21)10-19-25(22,23)18-14(3)20-24-15(18)4/h5-6,9,16,19H,7-8,10-11H2,1-4H3. The van der Waals surface area contributed by atoms with Crippen LogP contribution in [0.15, 0.2) is 27.6 Å². The SMILES string of the molecule is Cc1ccc(N2CCC(CNS(=O)(=O)c3c(C)noc3C)C2)cc1C. The van der Waals surface area contributed by atoms with Gasteiger partial charge in [0, 0.05) is 25.3 Å². The summed E-state index contributed by atoms with van der Waals surface area (Å²) in [5.41, 5.74) is 4.17. The highest BCUT2D eigenvalue weighted by Crippen LogP contribution is 2.26. The molecule has 2 aromatic rings. The lowest BCUT2D eigenvalue weighted by Gasteiger charge is -2.20. The van der Waals surface area contributed by atoms with Crippen molar-refractivity contribution in [3.8, 4) is 0 Å². The first-order chi connectivity index (χ1) is 11.8. The Labute approximate surface area is 149 Å². The minimum atomic E-state index is -3.58. The first-order valence-electron chi connectivity index (χ1n) is 8.52. The minimum absolute atomic E-state index is 0.163. The lowest BCUT2D eigenvalue weighted by atomic mass is 10.1. The molecule has 0 saturated carbocycles. The second-order valence-corrected chi connectivity index (χ2v) is 8.58. The summed E-state index contributed by atoms with van der Waals surface area (Å²) in [4.78, 5) is 2.48. The van der Waals surface area contributed by atoms with E-state index in [1.807, 2.05) is 0 Å². The average Bonchev–Trinajstić information content (AvgIpc) is 3.15. The number of nitrogens with one attached hydrogen (secondary N) is 1. The van der Waals surface area contributed by atoms with Crippen LogP contribution in [0.4, 0.5) is 5.69 Å². The molecule has 0 bridgehead atoms. The van der Waals surface area contributed by atoms with Crippen LogP contribution in [0.3, 0.4) is 0 Å². The average molecular weight is 363 g/mol. The molecular formula is C18H25N3O3S. The highest BCUT2D eigenvalue weighted by atomic mass is 32.2. The Hall–Kier alpha value is -1.86. The monoisotopic (exact) mass is 363 g/mol. The first-order valence-corrected chi connectivity index (χ1v) is 10.0. The molecular weight excluding hydrogens is 338 g/mol. The molecule has 1 saturated heterocycles. The van der Waals surface area contributed by atoms with Crippen molar-refractivity contribution >= 4 is 15.7 Å². The van der Waals surface area contributed by atoms with Crippen LogP contribution in [0.2, 0.25) is 0 Å². The first kappa shape index (κ1) is 17.9. The number of hydrogen-bond donors (Lipinski definition) is 1. The molecule has 0 spiro atoms. The number of nitrogens with zero attached hydrogens (tertiary/aromatic N) is 2. The Morgan fingerprint density at radius 2 is 2.00 bits per heavy atom. The van der Waals surface area contributed by atoms with E-state index in [1.54, 1.807) is 13.8 Å². The molecule has 1 atom stereocenters. The van der Waals surface area contributed by atoms with Crippen LogP contribution >= 0.6 is 0 Å². The zero-order chi connectivity index (χ0) is 18.2. The lowest BCUT2D eigenvalue weighted by Crippen LogP contribution is -2.31. The van der Waals surface area contributed by atoms with Crippen molar-refractivity contribution in [3.63, 3.8) is 0 Å². The van der Waals surface area contributed by atoms with Gasteiger partial charge in [-0.2, -0.15) is 0 Å². The van der Waals surface area contributed by atoms with E-state index >= 15 is 0 Å². The summed E-state index contributed by atoms with van der Waals surface area (Å²) in [6.07, 6.45) is 0.969. The van der Waals surface area contributed by atoms with Gasteiger partial charge in [-0.05, 0) is 63.3 Å². The molecule has 1 aliphatic rings. The van der Waals surface area contributed by atoms with Crippen LogP contribution in [0, 0.1) is 33.6 Å². The molecule has 3 rings (SSSR count). The smallest absolute Gasteiger partial charge is 0.245 e. The Kier molecular flexibility index (Phi) is 4.88. The van der Waals surface area contributed by atoms with E-state index in [2.05, 4.69) is 46.8 Å². The van der Waals surface area contributed by atoms with Gasteiger partial charge in [0.1, 0.15) is 10.6 Å². The maximum atomic E-state index is 12.5. The van der Waals surface area contributed by atoms with E-state index in [0.29, 0.717) is 18.0 Å². The van der Waals surface area contributed by atoms with Gasteiger partial charge in [-0.25, -0.2) is 13.1 Å². The predicted octanol–water partition coefficient (Wildman–Crippen LogP) is 2.71. The van der Waals surface area contributed by atoms with Crippen molar-refractivity contribution in [2.75, 3.05) is 24.5 Å². The predicted molar refractivity (Wildman–Crippen MR) is 97.4 cm³/mol. The zero-order valence-electron chi connectivity index (χ0n) is 15.2. The number of aryl methyl sites for hydroxylation is 4. The van der Waals surface area contributed by atoms with Crippen molar-refractivity contribution in [1.29, 1.82) is 0 Å². The number of hydrogen-bond acceptors (Lipinski definition) is 5. The number of aromatic nitrogens is 1. The highest BCUT2D eigenvalue weighted by molar-refractivity contribution is 7.89. The summed E-state index contributed by atoms with van der Waals surface area (Å²) in [6, 6.07) is 6.47. The van der Waals surface area contributed by atoms with Crippen molar-refractivity contribution < 1.29 is 12.9 Å². The molecule has 136 valence electrons. The molecule has 1 aliphatic heterocycles. The second-order valence-electron chi connectivity index (χ2n) is 6.87. The molecule has 7 heteroatoms. The molecule has 1 aromatic heterocycles. The third-order valence-electron chi connectivity index (χ3n) is 4.94. The van der Waals surface area contributed by atoms with Crippen LogP contribution in [0.5, 0.6) is 0 Å². The Bertz CT molecular complexity index is 854. The molecule has 0 radical (unpaired) electrons. The summed E-state index contributed by atoms with van der Waals surface area (Å²) in [5, 5.41) is 3.73. The van der Waals surface area contributed by atoms with E-state index in [4.69, 9.17) is 4.52 Å². The van der Waals surface area contributed by atoms with Gasteiger partial charge >= 0.3 is 0 Å². The lowest BCUT2D eigenvalue weighted by molar-refractivity contribution is 0.390. The van der Waals surface area contributed by atoms with Gasteiger partial charge in [-0.3, -0.25) is 0 Å². The molecule has 2 heterocycles. The van der Waals surface area contributed by atoms with E-state index in [9.17, 15) is 8.42 Å². The van der Waals surface area contributed by atoms with Crippen molar-refractivity contribution in [1.82, 2.24) is 9.88 Å². The summed E-state index contributed by atoms with van der Waals surface area (Å²) in [7, 11) is -3.58. The van der Waals surface area contributed by atoms with Gasteiger partial charge in [0.05, 0.1) is 0 Å². The molecule has 0 aliphatic carbocycles. The van der Waals surface area contributed by atoms with E-state index in [-0.39, 0.29) is 10.8 Å². The van der Waals surface area contributed by atoms with Crippen LogP contribution < -0.4 is 9.62 Å². The zero-order valence-corrected chi connectivity index (χ0v) is 16.0. The normalized spacial score (nSPS) is 18.1. The number of benzene rings is 1. The minimum Gasteiger partial charge on any atom is -0.371 e. The molecule has 1 N–H and O–H groups in total. The third kappa shape index (κ3) is 3.72. The molecule has 0 amide bonds. The third-order valence-corrected chi connectivity index (χ3v) is 6.61. The van der Waals surface area contributed by atoms with Gasteiger partial charge < -0.3 is 9.42 Å². The quantitative estimate of drug-likeness (QED) is 0.884. The Morgan fingerprint density at radius 3 is 2.64 bits per heavy atom. The molecule has 1 unspecified atom stereocenters. The van der Waals surface area contributed by atoms with Crippen molar-refractivity contribution in [3.05, 3.63) is 40.8 Å². The van der Waals surface area contributed by atoms with Crippen LogP contribution in [0.25, 0.3) is 0 Å². The van der Waals surface area contributed by atoms with Crippen molar-refractivity contribution in [2.45, 2.75) is 39.0 Å². The van der Waals surface area contributed by atoms with Crippen LogP contribution in [-0.4, -0.2) is 33.2 Å². The Balaban J connectivity index is 1.63. The van der Waals surface area contributed by atoms with Gasteiger partial charge in [0.2, 0.25) is 10.0 Å². The van der Waals surface area contributed by atoms with Crippen LogP contribution in [-0.2, 0) is 10.0 Å². The summed E-state index contributed by atoms with van der Waals surface area (Å²) in [5.74, 6) is 0.616. The molecule has 1 aromatic carbocycles. The van der Waals surface area contributed by atoms with Gasteiger partial charge in [0.15, 0.2) is 5.76 Å². The van der Waals surface area contributed by atoms with Gasteiger partial charge in [0.25, 0.3) is 0 Å². The van der Waals surface area contributed by atoms with Gasteiger partial charge in [-0.1, -0.05) is 11.2 Å². The summed E-state index contributed by atoms with van der Waals surface area (Å²) < 4.78 is 32.7. The Morgan fingerprint density at radius 1 is 1.24 bits per heavy atom. The van der Waals surface area contributed by atoms with E-state index in [1.165, 1.54) is 16.8 Å². The fourth-order valence-electron chi connectivity index (χ4n) is 3.31. The van der Waals surface area contributed by atoms with Crippen molar-refractivity contribution in [2.24, 2.45) is 5.92 Å². The summed E-state index contributed by atoms with van der Waals surface area (Å²) in [6.45, 7) is 9.70. The maximum Gasteiger partial charge on any atom is 0.245 e. The fourth-order valence-corrected chi connectivity index (χ4v) is 4.76. The number of rotatable bonds is 5. The van der Waals surface area contributed by atoms with E-state index < -0.39 is 10.0 Å². The largest absolute Gasteiger partial charge is 0.371 e. The van der Waals surface area contributed by atoms with E-state index in [0.717, 1.165) is 19.5 Å². The summed E-state index contributed by atoms with van der Waals surface area (Å²) >= 11 is 0. The van der Waals surface area contributed by atoms with Gasteiger partial charge in [-0.15, -0.1) is 0 Å². The molecule has 1 fully saturated rings. The highest BCUT2D eigenvalue weighted by Gasteiger charge is 2.28. The number of sulfonamides is 1. The number of anilines is 1. The topological polar surface area (TPSA) is 75.4 Å². The van der Waals surface area contributed by atoms with Crippen LogP contribution in [0.1, 0.15) is 29.0 Å².